The Kier molecular flexibility index (Phi) is 5.00. The molecule has 1 aliphatic carbocycles. The smallest absolute Gasteiger partial charge is 0.0348 e. The van der Waals surface area contributed by atoms with Gasteiger partial charge in [0, 0.05) is 12.5 Å². The van der Waals surface area contributed by atoms with E-state index in [9.17, 15) is 0 Å². The number of hydrogen-bond donors (Lipinski definition) is 2. The third kappa shape index (κ3) is 3.32. The summed E-state index contributed by atoms with van der Waals surface area (Å²) in [6.07, 6.45) is 6.21. The molecule has 1 fully saturated rings. The van der Waals surface area contributed by atoms with Gasteiger partial charge in [0.1, 0.15) is 0 Å². The maximum absolute atomic E-state index is 5.56. The number of hydrazine groups is 1. The van der Waals surface area contributed by atoms with Gasteiger partial charge < -0.3 is 0 Å². The highest BCUT2D eigenvalue weighted by Gasteiger charge is 2.24. The number of nitrogens with two attached hydrogens (primary N) is 1. The first-order valence-electron chi connectivity index (χ1n) is 5.63. The van der Waals surface area contributed by atoms with Crippen molar-refractivity contribution in [2.24, 2.45) is 17.7 Å². The molecule has 1 atom stereocenters. The van der Waals surface area contributed by atoms with E-state index in [2.05, 4.69) is 24.2 Å². The Morgan fingerprint density at radius 3 is 2.50 bits per heavy atom. The highest BCUT2D eigenvalue weighted by atomic mass is 15.2. The third-order valence-corrected chi connectivity index (χ3v) is 3.34. The first kappa shape index (κ1) is 11.6. The maximum Gasteiger partial charge on any atom is 0.0348 e. The molecule has 0 heterocycles. The Balaban J connectivity index is 2.39. The minimum absolute atomic E-state index is 0.398. The van der Waals surface area contributed by atoms with E-state index in [1.54, 1.807) is 0 Å². The minimum Gasteiger partial charge on any atom is -0.271 e. The van der Waals surface area contributed by atoms with E-state index in [1.165, 1.54) is 25.7 Å². The van der Waals surface area contributed by atoms with E-state index in [0.717, 1.165) is 18.3 Å². The average Bonchev–Trinajstić information content (AvgIpc) is 2.21. The lowest BCUT2D eigenvalue weighted by atomic mass is 9.78. The van der Waals surface area contributed by atoms with Crippen molar-refractivity contribution in [3.63, 3.8) is 0 Å². The van der Waals surface area contributed by atoms with Gasteiger partial charge in [0.15, 0.2) is 0 Å². The summed E-state index contributed by atoms with van der Waals surface area (Å²) in [5.41, 5.74) is 2.92. The largest absolute Gasteiger partial charge is 0.271 e. The van der Waals surface area contributed by atoms with Crippen molar-refractivity contribution in [3.8, 4) is 11.8 Å². The topological polar surface area (TPSA) is 38.0 Å². The summed E-state index contributed by atoms with van der Waals surface area (Å²) < 4.78 is 0. The van der Waals surface area contributed by atoms with Gasteiger partial charge >= 0.3 is 0 Å². The van der Waals surface area contributed by atoms with Crippen molar-refractivity contribution >= 4 is 0 Å². The molecule has 1 saturated carbocycles. The summed E-state index contributed by atoms with van der Waals surface area (Å²) in [5.74, 6) is 13.2. The lowest BCUT2D eigenvalue weighted by molar-refractivity contribution is 0.232. The molecule has 3 N–H and O–H groups in total. The van der Waals surface area contributed by atoms with Crippen LogP contribution in [0.4, 0.5) is 0 Å². The van der Waals surface area contributed by atoms with E-state index in [0.29, 0.717) is 6.04 Å². The van der Waals surface area contributed by atoms with Crippen LogP contribution < -0.4 is 11.3 Å². The summed E-state index contributed by atoms with van der Waals surface area (Å²) in [5, 5.41) is 0. The Bertz CT molecular complexity index is 206. The van der Waals surface area contributed by atoms with Crippen LogP contribution >= 0.6 is 0 Å². The Hall–Kier alpha value is -0.520. The molecule has 1 aliphatic rings. The Morgan fingerprint density at radius 1 is 1.36 bits per heavy atom. The van der Waals surface area contributed by atoms with E-state index >= 15 is 0 Å². The summed E-state index contributed by atoms with van der Waals surface area (Å²) in [6.45, 7) is 4.23. The zero-order valence-corrected chi connectivity index (χ0v) is 9.34. The van der Waals surface area contributed by atoms with Crippen LogP contribution in [0.25, 0.3) is 0 Å². The molecular formula is C12H22N2. The summed E-state index contributed by atoms with van der Waals surface area (Å²) in [6, 6.07) is 0.398. The molecule has 0 amide bonds. The number of hydrogen-bond acceptors (Lipinski definition) is 2. The minimum atomic E-state index is 0.398. The van der Waals surface area contributed by atoms with Crippen LogP contribution in [0, 0.1) is 23.7 Å². The molecular weight excluding hydrogens is 172 g/mol. The Morgan fingerprint density at radius 2 is 2.00 bits per heavy atom. The van der Waals surface area contributed by atoms with Gasteiger partial charge in [0.05, 0.1) is 0 Å². The highest BCUT2D eigenvalue weighted by molar-refractivity contribution is 4.99. The number of nitrogens with one attached hydrogen (secondary N) is 1. The average molecular weight is 194 g/mol. The zero-order chi connectivity index (χ0) is 10.4. The van der Waals surface area contributed by atoms with Crippen LogP contribution in [-0.4, -0.2) is 6.04 Å². The molecule has 0 aromatic heterocycles. The highest BCUT2D eigenvalue weighted by Crippen LogP contribution is 2.30. The molecule has 0 radical (unpaired) electrons. The van der Waals surface area contributed by atoms with Gasteiger partial charge in [0.25, 0.3) is 0 Å². The van der Waals surface area contributed by atoms with Crippen molar-refractivity contribution < 1.29 is 0 Å². The van der Waals surface area contributed by atoms with Gasteiger partial charge in [0.2, 0.25) is 0 Å². The maximum atomic E-state index is 5.56. The predicted molar refractivity (Wildman–Crippen MR) is 60.3 cm³/mol. The molecule has 0 aliphatic heterocycles. The predicted octanol–water partition coefficient (Wildman–Crippen LogP) is 2.06. The fraction of sp³-hybridized carbons (Fsp3) is 0.833. The van der Waals surface area contributed by atoms with Crippen molar-refractivity contribution in [2.75, 3.05) is 0 Å². The van der Waals surface area contributed by atoms with Crippen LogP contribution in [-0.2, 0) is 0 Å². The molecule has 80 valence electrons. The monoisotopic (exact) mass is 194 g/mol. The standard InChI is InChI=1S/C12H22N2/c1-3-4-5-12(14-13)11-8-6-10(2)7-9-11/h10-12,14H,5-9,13H2,1-2H3. The molecule has 0 aromatic rings. The second-order valence-corrected chi connectivity index (χ2v) is 4.42. The second kappa shape index (κ2) is 6.06. The van der Waals surface area contributed by atoms with Gasteiger partial charge in [-0.1, -0.05) is 19.8 Å². The molecule has 1 rings (SSSR count). The van der Waals surface area contributed by atoms with Crippen molar-refractivity contribution in [3.05, 3.63) is 0 Å². The van der Waals surface area contributed by atoms with Crippen LogP contribution in [0.5, 0.6) is 0 Å². The fourth-order valence-electron chi connectivity index (χ4n) is 2.26. The van der Waals surface area contributed by atoms with Gasteiger partial charge in [-0.2, -0.15) is 0 Å². The quantitative estimate of drug-likeness (QED) is 0.410. The normalized spacial score (nSPS) is 29.1. The third-order valence-electron chi connectivity index (χ3n) is 3.34. The van der Waals surface area contributed by atoms with E-state index in [-0.39, 0.29) is 0 Å². The van der Waals surface area contributed by atoms with Crippen molar-refractivity contribution in [1.29, 1.82) is 0 Å². The van der Waals surface area contributed by atoms with Gasteiger partial charge in [-0.3, -0.25) is 11.3 Å². The molecule has 14 heavy (non-hydrogen) atoms. The molecule has 0 aromatic carbocycles. The van der Waals surface area contributed by atoms with Crippen LogP contribution in [0.2, 0.25) is 0 Å². The second-order valence-electron chi connectivity index (χ2n) is 4.42. The number of rotatable bonds is 3. The first-order chi connectivity index (χ1) is 6.77. The SMILES string of the molecule is CC#CCC(NN)C1CCC(C)CC1. The molecule has 2 nitrogen and oxygen atoms in total. The summed E-state index contributed by atoms with van der Waals surface area (Å²) in [4.78, 5) is 0. The van der Waals surface area contributed by atoms with Crippen molar-refractivity contribution in [1.82, 2.24) is 5.43 Å². The van der Waals surface area contributed by atoms with Crippen LogP contribution in [0.15, 0.2) is 0 Å². The zero-order valence-electron chi connectivity index (χ0n) is 9.34. The fourth-order valence-corrected chi connectivity index (χ4v) is 2.26. The Labute approximate surface area is 87.6 Å². The molecule has 0 saturated heterocycles. The lowest BCUT2D eigenvalue weighted by Gasteiger charge is -2.31. The molecule has 2 heteroatoms. The molecule has 1 unspecified atom stereocenters. The molecule has 0 bridgehead atoms. The van der Waals surface area contributed by atoms with E-state index in [4.69, 9.17) is 5.84 Å². The van der Waals surface area contributed by atoms with Gasteiger partial charge in [-0.05, 0) is 31.6 Å². The van der Waals surface area contributed by atoms with E-state index in [1.807, 2.05) is 6.92 Å². The first-order valence-corrected chi connectivity index (χ1v) is 5.63. The van der Waals surface area contributed by atoms with Crippen LogP contribution in [0.3, 0.4) is 0 Å². The van der Waals surface area contributed by atoms with Gasteiger partial charge in [-0.25, -0.2) is 0 Å². The van der Waals surface area contributed by atoms with Crippen LogP contribution in [0.1, 0.15) is 46.0 Å². The van der Waals surface area contributed by atoms with Crippen molar-refractivity contribution in [2.45, 2.75) is 52.0 Å². The molecule has 0 spiro atoms. The lowest BCUT2D eigenvalue weighted by Crippen LogP contribution is -2.41. The summed E-state index contributed by atoms with van der Waals surface area (Å²) in [7, 11) is 0. The summed E-state index contributed by atoms with van der Waals surface area (Å²) >= 11 is 0. The van der Waals surface area contributed by atoms with Gasteiger partial charge in [-0.15, -0.1) is 11.8 Å². The van der Waals surface area contributed by atoms with E-state index < -0.39 is 0 Å².